The third-order valence-corrected chi connectivity index (χ3v) is 7.11. The summed E-state index contributed by atoms with van der Waals surface area (Å²) in [6, 6.07) is 9.29. The number of hydrogen-bond acceptors (Lipinski definition) is 5. The summed E-state index contributed by atoms with van der Waals surface area (Å²) >= 11 is 12.6. The van der Waals surface area contributed by atoms with Crippen LogP contribution >= 0.6 is 23.2 Å². The first-order valence-corrected chi connectivity index (χ1v) is 12.4. The van der Waals surface area contributed by atoms with E-state index >= 15 is 0 Å². The first-order chi connectivity index (χ1) is 18.1. The number of aromatic nitrogens is 5. The van der Waals surface area contributed by atoms with Crippen LogP contribution in [0.3, 0.4) is 0 Å². The first-order valence-electron chi connectivity index (χ1n) is 11.6. The number of halogens is 5. The van der Waals surface area contributed by atoms with Crippen LogP contribution in [-0.4, -0.2) is 49.0 Å². The number of piperidine rings is 1. The molecule has 9 nitrogen and oxygen atoms in total. The second-order valence-corrected chi connectivity index (χ2v) is 9.62. The smallest absolute Gasteiger partial charge is 0.324 e. The Morgan fingerprint density at radius 3 is 2.45 bits per heavy atom. The number of urea groups is 1. The van der Waals surface area contributed by atoms with Crippen molar-refractivity contribution in [2.75, 3.05) is 18.4 Å². The topological polar surface area (TPSA) is 109 Å². The van der Waals surface area contributed by atoms with Gasteiger partial charge >= 0.3 is 12.2 Å². The Kier molecular flexibility index (Phi) is 7.01. The molecule has 2 amide bonds. The van der Waals surface area contributed by atoms with Gasteiger partial charge in [-0.1, -0.05) is 46.6 Å². The number of carbonyl (C=O) groups is 1. The van der Waals surface area contributed by atoms with Crippen LogP contribution in [0.4, 0.5) is 23.7 Å². The minimum Gasteiger partial charge on any atom is -0.324 e. The molecule has 0 unspecified atom stereocenters. The van der Waals surface area contributed by atoms with Crippen molar-refractivity contribution in [3.05, 3.63) is 79.8 Å². The molecule has 0 aliphatic carbocycles. The number of benzene rings is 2. The Labute approximate surface area is 223 Å². The number of alkyl halides is 3. The fraction of sp³-hybridized carbons (Fsp3) is 0.292. The van der Waals surface area contributed by atoms with Crippen LogP contribution in [0.2, 0.25) is 10.0 Å². The van der Waals surface area contributed by atoms with Crippen LogP contribution in [0.15, 0.2) is 47.3 Å². The van der Waals surface area contributed by atoms with Crippen LogP contribution in [0.1, 0.15) is 35.7 Å². The normalized spacial score (nSPS) is 14.7. The number of rotatable bonds is 4. The van der Waals surface area contributed by atoms with Crippen molar-refractivity contribution in [3.8, 4) is 0 Å². The molecule has 1 fully saturated rings. The number of nitrogens with zero attached hydrogens (tertiary/aromatic N) is 5. The molecule has 0 bridgehead atoms. The summed E-state index contributed by atoms with van der Waals surface area (Å²) in [6.45, 7) is 0.682. The predicted molar refractivity (Wildman–Crippen MR) is 136 cm³/mol. The summed E-state index contributed by atoms with van der Waals surface area (Å²) in [5.41, 5.74) is -0.728. The van der Waals surface area contributed by atoms with E-state index in [0.29, 0.717) is 34.3 Å². The summed E-state index contributed by atoms with van der Waals surface area (Å²) < 4.78 is 41.2. The Balaban J connectivity index is 1.31. The SMILES string of the molecule is O=C(Nc1ccccc1C(F)(F)F)N1CCC(c2nc3c(nnn3Cc3c(Cl)cccc3Cl)c(=O)[nH]2)CC1. The van der Waals surface area contributed by atoms with Crippen molar-refractivity contribution in [1.82, 2.24) is 29.9 Å². The third kappa shape index (κ3) is 5.18. The molecule has 2 aromatic carbocycles. The Morgan fingerprint density at radius 1 is 1.08 bits per heavy atom. The molecule has 0 atom stereocenters. The van der Waals surface area contributed by atoms with Gasteiger partial charge in [-0.2, -0.15) is 13.2 Å². The van der Waals surface area contributed by atoms with E-state index in [4.69, 9.17) is 23.2 Å². The van der Waals surface area contributed by atoms with Gasteiger partial charge in [-0.25, -0.2) is 14.5 Å². The Bertz CT molecular complexity index is 1540. The van der Waals surface area contributed by atoms with Gasteiger partial charge in [-0.3, -0.25) is 4.79 Å². The van der Waals surface area contributed by atoms with Crippen LogP contribution in [0.25, 0.3) is 11.2 Å². The monoisotopic (exact) mass is 565 g/mol. The molecule has 198 valence electrons. The maximum Gasteiger partial charge on any atom is 0.418 e. The van der Waals surface area contributed by atoms with Crippen molar-refractivity contribution < 1.29 is 18.0 Å². The number of para-hydroxylation sites is 1. The van der Waals surface area contributed by atoms with Gasteiger partial charge in [-0.05, 0) is 37.1 Å². The Morgan fingerprint density at radius 2 is 1.76 bits per heavy atom. The average molecular weight is 566 g/mol. The van der Waals surface area contributed by atoms with Gasteiger partial charge in [0.25, 0.3) is 5.56 Å². The van der Waals surface area contributed by atoms with Gasteiger partial charge in [0, 0.05) is 34.6 Å². The summed E-state index contributed by atoms with van der Waals surface area (Å²) in [4.78, 5) is 34.2. The molecule has 14 heteroatoms. The molecule has 5 rings (SSSR count). The quantitative estimate of drug-likeness (QED) is 0.349. The molecular weight excluding hydrogens is 546 g/mol. The maximum absolute atomic E-state index is 13.3. The van der Waals surface area contributed by atoms with E-state index in [1.165, 1.54) is 27.8 Å². The maximum atomic E-state index is 13.3. The van der Waals surface area contributed by atoms with Gasteiger partial charge in [-0.15, -0.1) is 5.10 Å². The number of aromatic amines is 1. The molecule has 0 radical (unpaired) electrons. The fourth-order valence-electron chi connectivity index (χ4n) is 4.41. The highest BCUT2D eigenvalue weighted by Gasteiger charge is 2.34. The highest BCUT2D eigenvalue weighted by atomic mass is 35.5. The molecule has 38 heavy (non-hydrogen) atoms. The number of carbonyl (C=O) groups excluding carboxylic acids is 1. The number of anilines is 1. The molecule has 2 aromatic heterocycles. The average Bonchev–Trinajstić information content (AvgIpc) is 3.29. The van der Waals surface area contributed by atoms with E-state index in [0.717, 1.165) is 6.07 Å². The van der Waals surface area contributed by atoms with Crippen LogP contribution in [0.5, 0.6) is 0 Å². The zero-order valence-electron chi connectivity index (χ0n) is 19.6. The molecule has 0 saturated carbocycles. The van der Waals surface area contributed by atoms with Gasteiger partial charge in [0.15, 0.2) is 11.2 Å². The summed E-state index contributed by atoms with van der Waals surface area (Å²) in [6.07, 6.45) is -3.70. The van der Waals surface area contributed by atoms with Crippen LogP contribution < -0.4 is 10.9 Å². The fourth-order valence-corrected chi connectivity index (χ4v) is 4.92. The van der Waals surface area contributed by atoms with Crippen LogP contribution in [0, 0.1) is 0 Å². The van der Waals surface area contributed by atoms with Gasteiger partial charge in [0.1, 0.15) is 5.82 Å². The molecule has 1 aliphatic rings. The lowest BCUT2D eigenvalue weighted by Crippen LogP contribution is -2.41. The van der Waals surface area contributed by atoms with E-state index in [-0.39, 0.29) is 42.4 Å². The van der Waals surface area contributed by atoms with Crippen LogP contribution in [-0.2, 0) is 12.7 Å². The minimum absolute atomic E-state index is 0.0667. The molecule has 1 saturated heterocycles. The molecule has 4 aromatic rings. The third-order valence-electron chi connectivity index (χ3n) is 6.40. The number of amides is 2. The number of fused-ring (bicyclic) bond motifs is 1. The molecule has 2 N–H and O–H groups in total. The number of likely N-dealkylation sites (tertiary alicyclic amines) is 1. The lowest BCUT2D eigenvalue weighted by Gasteiger charge is -2.31. The lowest BCUT2D eigenvalue weighted by atomic mass is 9.96. The van der Waals surface area contributed by atoms with E-state index < -0.39 is 23.3 Å². The Hall–Kier alpha value is -3.64. The summed E-state index contributed by atoms with van der Waals surface area (Å²) in [5.74, 6) is 0.227. The van der Waals surface area contributed by atoms with E-state index in [2.05, 4.69) is 25.6 Å². The molecular formula is C24H20Cl2F3N7O2. The molecule has 0 spiro atoms. The lowest BCUT2D eigenvalue weighted by molar-refractivity contribution is -0.136. The second-order valence-electron chi connectivity index (χ2n) is 8.81. The highest BCUT2D eigenvalue weighted by molar-refractivity contribution is 6.36. The zero-order valence-corrected chi connectivity index (χ0v) is 21.1. The minimum atomic E-state index is -4.59. The first kappa shape index (κ1) is 26.0. The van der Waals surface area contributed by atoms with Crippen molar-refractivity contribution in [3.63, 3.8) is 0 Å². The second kappa shape index (κ2) is 10.3. The van der Waals surface area contributed by atoms with E-state index in [1.54, 1.807) is 18.2 Å². The number of hydrogen-bond donors (Lipinski definition) is 2. The van der Waals surface area contributed by atoms with Gasteiger partial charge in [0.2, 0.25) is 0 Å². The molecule has 3 heterocycles. The predicted octanol–water partition coefficient (Wildman–Crippen LogP) is 5.30. The van der Waals surface area contributed by atoms with Crippen molar-refractivity contribution in [2.24, 2.45) is 0 Å². The van der Waals surface area contributed by atoms with Crippen molar-refractivity contribution in [1.29, 1.82) is 0 Å². The molecule has 1 aliphatic heterocycles. The summed E-state index contributed by atoms with van der Waals surface area (Å²) in [7, 11) is 0. The largest absolute Gasteiger partial charge is 0.418 e. The number of nitrogens with one attached hydrogen (secondary N) is 2. The van der Waals surface area contributed by atoms with Gasteiger partial charge in [0.05, 0.1) is 17.8 Å². The van der Waals surface area contributed by atoms with Crippen molar-refractivity contribution in [2.45, 2.75) is 31.5 Å². The standard InChI is InChI=1S/C24H20Cl2F3N7O2/c25-16-5-3-6-17(26)14(16)12-36-21-19(33-34-36)22(37)32-20(31-21)13-8-10-35(11-9-13)23(38)30-18-7-2-1-4-15(18)24(27,28)29/h1-7,13H,8-12H2,(H,30,38)(H,31,32,37). The van der Waals surface area contributed by atoms with Crippen molar-refractivity contribution >= 4 is 46.1 Å². The van der Waals surface area contributed by atoms with E-state index in [9.17, 15) is 22.8 Å². The van der Waals surface area contributed by atoms with E-state index in [1.807, 2.05) is 0 Å². The highest BCUT2D eigenvalue weighted by Crippen LogP contribution is 2.35. The zero-order chi connectivity index (χ0) is 27.0. The summed E-state index contributed by atoms with van der Waals surface area (Å²) in [5, 5.41) is 11.2. The van der Waals surface area contributed by atoms with Gasteiger partial charge < -0.3 is 15.2 Å². The number of H-pyrrole nitrogens is 1.